The van der Waals surface area contributed by atoms with Crippen LogP contribution in [0.15, 0.2) is 428 Å². The number of aliphatic hydroxyl groups excluding tert-OH is 1. The van der Waals surface area contributed by atoms with Gasteiger partial charge in [0.2, 0.25) is 0 Å². The van der Waals surface area contributed by atoms with Crippen molar-refractivity contribution in [3.05, 3.63) is 463 Å². The van der Waals surface area contributed by atoms with Gasteiger partial charge in [0, 0.05) is 147 Å². The molecule has 0 saturated carbocycles. The summed E-state index contributed by atoms with van der Waals surface area (Å²) < 4.78 is 40.8. The van der Waals surface area contributed by atoms with Gasteiger partial charge < -0.3 is 39.7 Å². The molecule has 0 radical (unpaired) electrons. The molecule has 0 unspecified atom stereocenters. The van der Waals surface area contributed by atoms with Crippen LogP contribution in [0.1, 0.15) is 73.1 Å². The number of rotatable bonds is 10. The minimum Gasteiger partial charge on any atom is -1.00 e. The first kappa shape index (κ1) is 109. The number of benzene rings is 20. The van der Waals surface area contributed by atoms with Crippen molar-refractivity contribution in [2.45, 2.75) is 51.4 Å². The van der Waals surface area contributed by atoms with E-state index in [0.29, 0.717) is 17.3 Å². The quantitative estimate of drug-likeness (QED) is 0.0195. The number of ether oxygens (including phenoxy) is 1. The van der Waals surface area contributed by atoms with Crippen LogP contribution in [-0.4, -0.2) is 90.2 Å². The number of carbonyl (C=O) groups is 1. The predicted octanol–water partition coefficient (Wildman–Crippen LogP) is 29.0. The number of ketones is 1. The van der Waals surface area contributed by atoms with E-state index in [1.54, 1.807) is 17.4 Å². The van der Waals surface area contributed by atoms with Gasteiger partial charge in [-0.3, -0.25) is 9.35 Å². The first-order valence-electron chi connectivity index (χ1n) is 47.3. The minimum atomic E-state index is -3.67. The topological polar surface area (TPSA) is 189 Å². The van der Waals surface area contributed by atoms with Crippen LogP contribution in [0.25, 0.3) is 170 Å². The molecular formula is C126H101BBr2ClMgN2O8PPdS4. The molecule has 23 aromatic rings. The number of thiophene rings is 3. The van der Waals surface area contributed by atoms with Crippen LogP contribution < -0.4 is 33.8 Å². The van der Waals surface area contributed by atoms with Gasteiger partial charge in [0.25, 0.3) is 10.1 Å². The molecule has 21 heteroatoms. The van der Waals surface area contributed by atoms with Crippen molar-refractivity contribution in [1.29, 1.82) is 10.8 Å². The van der Waals surface area contributed by atoms with Gasteiger partial charge in [0.1, 0.15) is 6.61 Å². The summed E-state index contributed by atoms with van der Waals surface area (Å²) in [5.74, 6) is -0.274. The maximum Gasteiger partial charge on any atom is 2.00 e. The number of nitrogens with zero attached hydrogens (tertiary/aromatic N) is 2. The molecule has 4 N–H and O–H groups in total. The van der Waals surface area contributed by atoms with Gasteiger partial charge in [-0.25, -0.2) is 0 Å². The molecule has 0 bridgehead atoms. The molecule has 728 valence electrons. The second-order valence-electron chi connectivity index (χ2n) is 36.4. The molecule has 4 heterocycles. The van der Waals surface area contributed by atoms with E-state index >= 15 is 0 Å². The van der Waals surface area contributed by atoms with E-state index in [4.69, 9.17) is 20.1 Å². The number of fused-ring (bicyclic) bond motifs is 21. The van der Waals surface area contributed by atoms with Crippen molar-refractivity contribution in [3.63, 3.8) is 0 Å². The molecule has 0 atom stereocenters. The van der Waals surface area contributed by atoms with Crippen LogP contribution in [0.2, 0.25) is 0 Å². The van der Waals surface area contributed by atoms with Gasteiger partial charge in [-0.2, -0.15) is 8.42 Å². The second kappa shape index (κ2) is 48.2. The Morgan fingerprint density at radius 1 is 0.361 bits per heavy atom. The summed E-state index contributed by atoms with van der Waals surface area (Å²) >= 11 is 12.6. The zero-order valence-corrected chi connectivity index (χ0v) is 92.6. The summed E-state index contributed by atoms with van der Waals surface area (Å²) in [7, 11) is -5.62. The number of hydrogen-bond acceptors (Lipinski definition) is 12. The molecule has 3 aliphatic rings. The van der Waals surface area contributed by atoms with Gasteiger partial charge in [-0.15, -0.1) is 34.0 Å². The molecule has 0 spiro atoms. The molecule has 20 aromatic carbocycles. The zero-order valence-electron chi connectivity index (χ0n) is 81.5. The van der Waals surface area contributed by atoms with Gasteiger partial charge >= 0.3 is 30.2 Å². The standard InChI is InChI=1S/C41H28S.C21H15BrS.C20H15BO2.C20H13BrO2S.C18H15P.C4H8O.CH4O3S.CH3.ClH.Mg.N2.Pd/c1-41(2)34-23-22-32-27-14-10-11-19-36(27)42-40(32)39(34)33-21-20-26(24-35(33)41)38-30-17-8-6-15-28(30)37(25-12-4-3-5-13-25)29-16-7-9-18-31(29)38;1-21(2)16-10-9-14-13-5-3-4-6-18(13)23-20(14)19(16)15-8-7-12(22)11-17(15)21;22-21(23)20-17-12-6-4-10-15(17)19(14-8-2-1-3-9-14)16-11-5-7-13-18(16)20;21-12-8-9-13(17(10-12)18(23)11-22)15-5-3-6-16-14-4-1-2-7-19(14)24-20(15)16;1-4-10-16(11-5-1)19(17-12-6-2-7-13-17)18-14-8-3-9-15-18;1-2-4-5-3-1;1-5(2,3)4;;;;1-2;/h3-24H,1-2H3;3-11H,1-2H3;1-13,22-23H;1-10,22H,11H2;1-15H;1-4H2;1H3,(H,2,3,4);1H3;1H;;;/q;;;;;;;-1;;+2;;/p-1. The number of Topliss-reactive ketones (excluding diaryl/α,β-unsaturated/α-hetero) is 1. The summed E-state index contributed by atoms with van der Waals surface area (Å²) in [5, 5.41) is 62.3. The average Bonchev–Trinajstić information content (AvgIpc) is 1.56. The molecule has 1 saturated heterocycles. The third-order valence-corrected chi connectivity index (χ3v) is 34.0. The van der Waals surface area contributed by atoms with Crippen LogP contribution in [0.3, 0.4) is 0 Å². The van der Waals surface area contributed by atoms with Gasteiger partial charge in [-0.05, 0) is 206 Å². The normalized spacial score (nSPS) is 12.4. The van der Waals surface area contributed by atoms with Gasteiger partial charge in [0.05, 0.1) is 6.26 Å². The van der Waals surface area contributed by atoms with Crippen LogP contribution in [0.4, 0.5) is 0 Å². The Bertz CT molecular complexity index is 8650. The fourth-order valence-corrected chi connectivity index (χ4v) is 27.3. The van der Waals surface area contributed by atoms with Crippen molar-refractivity contribution in [3.8, 4) is 66.8 Å². The van der Waals surface area contributed by atoms with E-state index in [-0.39, 0.29) is 79.9 Å². The van der Waals surface area contributed by atoms with Crippen LogP contribution in [-0.2, 0) is 46.1 Å². The number of halogens is 3. The van der Waals surface area contributed by atoms with Crippen molar-refractivity contribution in [2.24, 2.45) is 0 Å². The molecule has 10 nitrogen and oxygen atoms in total. The largest absolute Gasteiger partial charge is 2.00 e. The molecule has 26 rings (SSSR count). The first-order chi connectivity index (χ1) is 69.6. The Hall–Kier alpha value is -11.9. The second-order valence-corrected chi connectivity index (χ2v) is 45.1. The van der Waals surface area contributed by atoms with Gasteiger partial charge in [-0.1, -0.05) is 430 Å². The van der Waals surface area contributed by atoms with E-state index in [9.17, 15) is 28.4 Å². The van der Waals surface area contributed by atoms with Crippen molar-refractivity contribution >= 4 is 245 Å². The maximum absolute atomic E-state index is 12.2. The fourth-order valence-electron chi connectivity index (χ4n) is 20.6. The van der Waals surface area contributed by atoms with E-state index in [0.717, 1.165) is 70.7 Å². The van der Waals surface area contributed by atoms with Crippen LogP contribution in [0.5, 0.6) is 0 Å². The molecule has 1 fully saturated rings. The van der Waals surface area contributed by atoms with Crippen molar-refractivity contribution in [2.75, 3.05) is 26.1 Å². The number of aliphatic hydroxyl groups is 1. The van der Waals surface area contributed by atoms with E-state index < -0.39 is 31.8 Å². The Morgan fingerprint density at radius 3 is 1.04 bits per heavy atom. The zero-order chi connectivity index (χ0) is 99.2. The summed E-state index contributed by atoms with van der Waals surface area (Å²) in [6.07, 6.45) is 3.27. The molecule has 3 aromatic heterocycles. The molecular weight excluding hydrogens is 2170 g/mol. The minimum absolute atomic E-state index is 0. The Balaban J connectivity index is 0.000000137. The Morgan fingerprint density at radius 2 is 0.667 bits per heavy atom. The Labute approximate surface area is 923 Å². The third-order valence-electron chi connectivity index (χ3n) is 26.9. The maximum atomic E-state index is 12.2. The molecule has 0 amide bonds. The molecule has 1 aliphatic heterocycles. The molecule has 147 heavy (non-hydrogen) atoms. The summed E-state index contributed by atoms with van der Waals surface area (Å²) in [4.78, 5) is 12.2. The van der Waals surface area contributed by atoms with E-state index in [2.05, 4.69) is 369 Å². The summed E-state index contributed by atoms with van der Waals surface area (Å²) in [6.45, 7) is 11.0. The van der Waals surface area contributed by atoms with Crippen LogP contribution >= 0.6 is 73.8 Å². The monoisotopic (exact) mass is 2260 g/mol. The smallest absolute Gasteiger partial charge is 1.00 e. The van der Waals surface area contributed by atoms with E-state index in [1.165, 1.54) is 173 Å². The Kier molecular flexibility index (Phi) is 35.8. The van der Waals surface area contributed by atoms with Gasteiger partial charge in [0.15, 0.2) is 5.78 Å². The number of carbonyl (C=O) groups excluding carboxylic acids is 1. The van der Waals surface area contributed by atoms with Crippen LogP contribution in [0, 0.1) is 18.2 Å². The molecule has 2 aliphatic carbocycles. The van der Waals surface area contributed by atoms with Crippen molar-refractivity contribution < 1.29 is 70.5 Å². The predicted molar refractivity (Wildman–Crippen MR) is 626 cm³/mol. The number of hydrogen-bond donors (Lipinski definition) is 4. The summed E-state index contributed by atoms with van der Waals surface area (Å²) in [5.41, 5.74) is 21.7. The fraction of sp³-hybridized carbons (Fsp3) is 0.0952. The first-order valence-corrected chi connectivity index (χ1v) is 54.5. The summed E-state index contributed by atoms with van der Waals surface area (Å²) in [6, 6.07) is 148. The average molecular weight is 2270 g/mol. The third kappa shape index (κ3) is 22.4. The van der Waals surface area contributed by atoms with Crippen molar-refractivity contribution in [1.82, 2.24) is 0 Å². The SMILES string of the molecule is C1CCOC1.CC1(C)c2cc(-c3c4ccccc4c(-c4ccccc4)c4ccccc34)ccc2-c2c1ccc1c2sc2ccccc21.CC1(C)c2cc(Br)ccc2-c2c1ccc1c2sc2ccccc21.CS(=O)(=O)O.N#N.O=C(CO)c1cc(Br)ccc1-c1cccc2c1sc1ccccc12.OB(O)c1c2ccccc2c(-c2ccccc2)c2ccccc12.[CH3-].[Cl-].[Mg+2].[Pd].c1ccc(P(c2ccccc2)c2ccccc2)cc1. The van der Waals surface area contributed by atoms with E-state index in [1.807, 2.05) is 126 Å².